The maximum absolute atomic E-state index is 11.8. The van der Waals surface area contributed by atoms with Crippen LogP contribution in [0.4, 0.5) is 4.79 Å². The Bertz CT molecular complexity index is 316. The number of amides is 1. The molecule has 6 heteroatoms. The van der Waals surface area contributed by atoms with E-state index in [0.717, 1.165) is 19.4 Å². The van der Waals surface area contributed by atoms with Crippen molar-refractivity contribution in [3.05, 3.63) is 0 Å². The summed E-state index contributed by atoms with van der Waals surface area (Å²) in [5.74, 6) is 1.60. The van der Waals surface area contributed by atoms with Crippen molar-refractivity contribution in [1.29, 1.82) is 0 Å². The second-order valence-corrected chi connectivity index (χ2v) is 5.19. The van der Waals surface area contributed by atoms with Gasteiger partial charge in [0.05, 0.1) is 19.2 Å². The van der Waals surface area contributed by atoms with E-state index < -0.39 is 0 Å². The smallest absolute Gasteiger partial charge is 0.409 e. The molecular weight excluding hydrogens is 231 g/mol. The van der Waals surface area contributed by atoms with E-state index in [0.29, 0.717) is 17.8 Å². The van der Waals surface area contributed by atoms with E-state index in [-0.39, 0.29) is 18.2 Å². The maximum atomic E-state index is 11.8. The molecule has 5 unspecified atom stereocenters. The van der Waals surface area contributed by atoms with E-state index >= 15 is 0 Å². The van der Waals surface area contributed by atoms with Crippen molar-refractivity contribution >= 4 is 14.1 Å². The minimum absolute atomic E-state index is 0.112. The quantitative estimate of drug-likeness (QED) is 0.601. The molecule has 0 spiro atoms. The van der Waals surface area contributed by atoms with E-state index in [1.807, 2.05) is 4.90 Å². The van der Waals surface area contributed by atoms with Crippen LogP contribution in [0.15, 0.2) is 0 Å². The highest BCUT2D eigenvalue weighted by atomic mass is 16.6. The highest BCUT2D eigenvalue weighted by Gasteiger charge is 2.60. The van der Waals surface area contributed by atoms with Crippen molar-refractivity contribution in [2.75, 3.05) is 13.7 Å². The molecule has 5 atom stereocenters. The Morgan fingerprint density at radius 1 is 1.44 bits per heavy atom. The first kappa shape index (κ1) is 13.7. The number of nitrogens with one attached hydrogen (secondary N) is 1. The van der Waals surface area contributed by atoms with Crippen molar-refractivity contribution in [2.45, 2.75) is 38.8 Å². The van der Waals surface area contributed by atoms with Crippen LogP contribution in [-0.2, 0) is 9.49 Å². The maximum Gasteiger partial charge on any atom is 0.409 e. The third kappa shape index (κ3) is 1.91. The molecule has 1 N–H and O–H groups in total. The molecule has 1 saturated heterocycles. The Morgan fingerprint density at radius 3 is 2.67 bits per heavy atom. The standard InChI is InChI=1S/C12H21BN2O3/c1-4-7-6-15(12(16)17-3)11-9(7)8(5-2)10(11)14-18-13/h7-11,14H,4-6H2,1-3H3. The van der Waals surface area contributed by atoms with Crippen LogP contribution in [-0.4, -0.2) is 44.8 Å². The van der Waals surface area contributed by atoms with Gasteiger partial charge in [0.25, 0.3) is 0 Å². The van der Waals surface area contributed by atoms with Gasteiger partial charge < -0.3 is 14.4 Å². The molecule has 1 saturated carbocycles. The summed E-state index contributed by atoms with van der Waals surface area (Å²) in [7, 11) is 6.54. The number of hydrogen-bond acceptors (Lipinski definition) is 4. The van der Waals surface area contributed by atoms with E-state index in [4.69, 9.17) is 12.8 Å². The number of nitrogens with zero attached hydrogens (tertiary/aromatic N) is 1. The van der Waals surface area contributed by atoms with Gasteiger partial charge in [0, 0.05) is 6.54 Å². The van der Waals surface area contributed by atoms with Crippen LogP contribution < -0.4 is 5.48 Å². The molecule has 0 aromatic carbocycles. The van der Waals surface area contributed by atoms with Gasteiger partial charge in [0.2, 0.25) is 0 Å². The second-order valence-electron chi connectivity index (χ2n) is 5.19. The highest BCUT2D eigenvalue weighted by Crippen LogP contribution is 2.51. The lowest BCUT2D eigenvalue weighted by Crippen LogP contribution is -2.65. The summed E-state index contributed by atoms with van der Waals surface area (Å²) in [5, 5.41) is 0. The lowest BCUT2D eigenvalue weighted by molar-refractivity contribution is -0.0425. The fourth-order valence-corrected chi connectivity index (χ4v) is 3.84. The van der Waals surface area contributed by atoms with E-state index in [9.17, 15) is 4.79 Å². The zero-order valence-electron chi connectivity index (χ0n) is 11.3. The average molecular weight is 252 g/mol. The van der Waals surface area contributed by atoms with Gasteiger partial charge in [0.15, 0.2) is 0 Å². The lowest BCUT2D eigenvalue weighted by Gasteiger charge is -2.51. The summed E-state index contributed by atoms with van der Waals surface area (Å²) in [6, 6.07) is 0.261. The van der Waals surface area contributed by atoms with Gasteiger partial charge in [-0.3, -0.25) is 0 Å². The predicted molar refractivity (Wildman–Crippen MR) is 67.7 cm³/mol. The molecule has 1 heterocycles. The number of fused-ring (bicyclic) bond motifs is 1. The minimum Gasteiger partial charge on any atom is -0.453 e. The van der Waals surface area contributed by atoms with Crippen LogP contribution in [0.25, 0.3) is 0 Å². The zero-order valence-corrected chi connectivity index (χ0v) is 11.3. The molecule has 0 bridgehead atoms. The number of carbonyl (C=O) groups is 1. The van der Waals surface area contributed by atoms with Crippen molar-refractivity contribution in [3.63, 3.8) is 0 Å². The lowest BCUT2D eigenvalue weighted by atomic mass is 9.61. The summed E-state index contributed by atoms with van der Waals surface area (Å²) < 4.78 is 9.45. The summed E-state index contributed by atoms with van der Waals surface area (Å²) in [6.07, 6.45) is 1.90. The molecule has 0 aromatic rings. The van der Waals surface area contributed by atoms with Gasteiger partial charge >= 0.3 is 14.1 Å². The summed E-state index contributed by atoms with van der Waals surface area (Å²) in [4.78, 5) is 13.6. The van der Waals surface area contributed by atoms with Crippen LogP contribution in [0, 0.1) is 17.8 Å². The number of hydroxylamine groups is 1. The van der Waals surface area contributed by atoms with Gasteiger partial charge in [-0.25, -0.2) is 10.3 Å². The van der Waals surface area contributed by atoms with Crippen LogP contribution in [0.1, 0.15) is 26.7 Å². The van der Waals surface area contributed by atoms with Crippen LogP contribution in [0.5, 0.6) is 0 Å². The van der Waals surface area contributed by atoms with Gasteiger partial charge in [-0.05, 0) is 17.8 Å². The first-order chi connectivity index (χ1) is 8.69. The topological polar surface area (TPSA) is 50.8 Å². The molecule has 2 radical (unpaired) electrons. The largest absolute Gasteiger partial charge is 0.453 e. The van der Waals surface area contributed by atoms with Crippen LogP contribution >= 0.6 is 0 Å². The van der Waals surface area contributed by atoms with Gasteiger partial charge in [-0.1, -0.05) is 26.7 Å². The van der Waals surface area contributed by atoms with E-state index in [2.05, 4.69) is 24.1 Å². The average Bonchev–Trinajstić information content (AvgIpc) is 2.70. The van der Waals surface area contributed by atoms with Gasteiger partial charge in [-0.15, -0.1) is 0 Å². The van der Waals surface area contributed by atoms with E-state index in [1.54, 1.807) is 0 Å². The SMILES string of the molecule is [B]ONC1C(CC)C2C(CC)CN(C(=O)OC)C12. The normalized spacial score (nSPS) is 38.2. The molecular formula is C12H21BN2O3. The molecule has 0 aromatic heterocycles. The number of hydrogen-bond donors (Lipinski definition) is 1. The molecule has 1 amide bonds. The zero-order chi connectivity index (χ0) is 13.3. The molecule has 2 aliphatic rings. The number of rotatable bonds is 4. The molecule has 100 valence electrons. The predicted octanol–water partition coefficient (Wildman–Crippen LogP) is 1.09. The first-order valence-corrected chi connectivity index (χ1v) is 6.65. The fourth-order valence-electron chi connectivity index (χ4n) is 3.84. The fraction of sp³-hybridized carbons (Fsp3) is 0.917. The molecule has 1 aliphatic heterocycles. The van der Waals surface area contributed by atoms with Gasteiger partial charge in [-0.2, -0.15) is 0 Å². The van der Waals surface area contributed by atoms with Gasteiger partial charge in [0.1, 0.15) is 0 Å². The summed E-state index contributed by atoms with van der Waals surface area (Å²) >= 11 is 0. The Hall–Kier alpha value is -0.745. The van der Waals surface area contributed by atoms with Crippen LogP contribution in [0.3, 0.4) is 0 Å². The number of carbonyl (C=O) groups excluding carboxylic acids is 1. The number of likely N-dealkylation sites (tertiary alicyclic amines) is 1. The van der Waals surface area contributed by atoms with Crippen molar-refractivity contribution in [3.8, 4) is 0 Å². The Morgan fingerprint density at radius 2 is 2.17 bits per heavy atom. The molecule has 1 aliphatic carbocycles. The molecule has 2 rings (SSSR count). The third-order valence-electron chi connectivity index (χ3n) is 4.66. The van der Waals surface area contributed by atoms with Crippen molar-refractivity contribution < 1.29 is 14.3 Å². The second kappa shape index (κ2) is 5.49. The third-order valence-corrected chi connectivity index (χ3v) is 4.66. The molecule has 5 nitrogen and oxygen atoms in total. The Labute approximate surface area is 110 Å². The minimum atomic E-state index is -0.251. The summed E-state index contributed by atoms with van der Waals surface area (Å²) in [5.41, 5.74) is 2.84. The van der Waals surface area contributed by atoms with Crippen LogP contribution in [0.2, 0.25) is 0 Å². The monoisotopic (exact) mass is 252 g/mol. The first-order valence-electron chi connectivity index (χ1n) is 6.65. The van der Waals surface area contributed by atoms with Crippen molar-refractivity contribution in [2.24, 2.45) is 17.8 Å². The number of methoxy groups -OCH3 is 1. The summed E-state index contributed by atoms with van der Waals surface area (Å²) in [6.45, 7) is 5.12. The molecule has 18 heavy (non-hydrogen) atoms. The van der Waals surface area contributed by atoms with E-state index in [1.165, 1.54) is 7.11 Å². The highest BCUT2D eigenvalue weighted by molar-refractivity contribution is 5.97. The Balaban J connectivity index is 2.16. The molecule has 2 fully saturated rings. The van der Waals surface area contributed by atoms with Crippen molar-refractivity contribution in [1.82, 2.24) is 10.4 Å². The Kier molecular flexibility index (Phi) is 4.17. The number of ether oxygens (including phenoxy) is 1.